The first-order chi connectivity index (χ1) is 7.67. The topological polar surface area (TPSA) is 38.0 Å². The van der Waals surface area contributed by atoms with E-state index in [0.717, 1.165) is 17.1 Å². The third kappa shape index (κ3) is 4.64. The molecule has 2 nitrogen and oxygen atoms in total. The zero-order valence-corrected chi connectivity index (χ0v) is 11.9. The summed E-state index contributed by atoms with van der Waals surface area (Å²) >= 11 is 2.06. The maximum atomic E-state index is 5.71. The number of nitrogens with two attached hydrogens (primary N) is 1. The Morgan fingerprint density at radius 1 is 1.44 bits per heavy atom. The van der Waals surface area contributed by atoms with E-state index in [1.807, 2.05) is 0 Å². The molecule has 0 heterocycles. The van der Waals surface area contributed by atoms with Crippen molar-refractivity contribution in [3.8, 4) is 0 Å². The summed E-state index contributed by atoms with van der Waals surface area (Å²) in [5.74, 6) is 8.57. The van der Waals surface area contributed by atoms with Crippen LogP contribution in [-0.4, -0.2) is 17.0 Å². The van der Waals surface area contributed by atoms with Gasteiger partial charge in [0.15, 0.2) is 0 Å². The molecular weight excluding hydrogens is 216 g/mol. The summed E-state index contributed by atoms with van der Waals surface area (Å²) in [5.41, 5.74) is 3.05. The van der Waals surface area contributed by atoms with E-state index in [-0.39, 0.29) is 0 Å². The van der Waals surface area contributed by atoms with Crippen molar-refractivity contribution in [2.24, 2.45) is 17.7 Å². The quantitative estimate of drug-likeness (QED) is 0.557. The molecule has 0 bridgehead atoms. The third-order valence-corrected chi connectivity index (χ3v) is 5.35. The van der Waals surface area contributed by atoms with Gasteiger partial charge in [-0.25, -0.2) is 0 Å². The van der Waals surface area contributed by atoms with Gasteiger partial charge in [-0.15, -0.1) is 0 Å². The van der Waals surface area contributed by atoms with Crippen LogP contribution >= 0.6 is 11.8 Å². The van der Waals surface area contributed by atoms with E-state index in [1.165, 1.54) is 37.9 Å². The summed E-state index contributed by atoms with van der Waals surface area (Å²) in [4.78, 5) is 0. The molecule has 96 valence electrons. The first-order valence-electron chi connectivity index (χ1n) is 6.75. The van der Waals surface area contributed by atoms with Crippen LogP contribution in [0.2, 0.25) is 0 Å². The Kier molecular flexibility index (Phi) is 6.78. The van der Waals surface area contributed by atoms with Crippen LogP contribution in [-0.2, 0) is 0 Å². The van der Waals surface area contributed by atoms with Crippen molar-refractivity contribution in [3.05, 3.63) is 0 Å². The summed E-state index contributed by atoms with van der Waals surface area (Å²) < 4.78 is 0. The van der Waals surface area contributed by atoms with Crippen molar-refractivity contribution >= 4 is 11.8 Å². The molecule has 3 heteroatoms. The van der Waals surface area contributed by atoms with Crippen LogP contribution in [0.15, 0.2) is 0 Å². The van der Waals surface area contributed by atoms with Gasteiger partial charge in [-0.3, -0.25) is 11.3 Å². The van der Waals surface area contributed by atoms with E-state index in [1.54, 1.807) is 0 Å². The minimum absolute atomic E-state index is 0.516. The minimum atomic E-state index is 0.516. The number of nitrogens with one attached hydrogen (secondary N) is 1. The number of thioether (sulfide) groups is 1. The first kappa shape index (κ1) is 14.3. The fraction of sp³-hybridized carbons (Fsp3) is 1.00. The number of hydrogen-bond donors (Lipinski definition) is 2. The van der Waals surface area contributed by atoms with Crippen LogP contribution in [0, 0.1) is 11.8 Å². The average molecular weight is 244 g/mol. The minimum Gasteiger partial charge on any atom is -0.271 e. The standard InChI is InChI=1S/C13H28N2S/c1-4-11(3)16-9-13(15-14)12-7-5-6-10(2)8-12/h10-13,15H,4-9,14H2,1-3H3. The molecule has 1 saturated carbocycles. The van der Waals surface area contributed by atoms with Crippen molar-refractivity contribution < 1.29 is 0 Å². The second kappa shape index (κ2) is 7.57. The van der Waals surface area contributed by atoms with Gasteiger partial charge in [0.05, 0.1) is 0 Å². The summed E-state index contributed by atoms with van der Waals surface area (Å²) in [7, 11) is 0. The molecule has 0 aromatic heterocycles. The number of rotatable bonds is 6. The molecule has 0 aliphatic heterocycles. The summed E-state index contributed by atoms with van der Waals surface area (Å²) in [6.07, 6.45) is 6.77. The molecule has 1 aliphatic rings. The van der Waals surface area contributed by atoms with Crippen molar-refractivity contribution in [3.63, 3.8) is 0 Å². The fourth-order valence-electron chi connectivity index (χ4n) is 2.55. The Morgan fingerprint density at radius 2 is 2.19 bits per heavy atom. The highest BCUT2D eigenvalue weighted by molar-refractivity contribution is 7.99. The molecule has 0 radical (unpaired) electrons. The predicted octanol–water partition coefficient (Wildman–Crippen LogP) is 3.18. The molecular formula is C13H28N2S. The third-order valence-electron chi connectivity index (χ3n) is 3.90. The van der Waals surface area contributed by atoms with Crippen molar-refractivity contribution in [2.45, 2.75) is 64.2 Å². The van der Waals surface area contributed by atoms with Gasteiger partial charge in [0, 0.05) is 17.0 Å². The normalized spacial score (nSPS) is 30.0. The predicted molar refractivity (Wildman–Crippen MR) is 74.4 cm³/mol. The maximum absolute atomic E-state index is 5.71. The Balaban J connectivity index is 2.34. The molecule has 0 aromatic rings. The van der Waals surface area contributed by atoms with Crippen LogP contribution in [0.1, 0.15) is 52.9 Å². The number of hydrazine groups is 1. The molecule has 1 rings (SSSR count). The molecule has 0 amide bonds. The van der Waals surface area contributed by atoms with Gasteiger partial charge in [0.2, 0.25) is 0 Å². The summed E-state index contributed by atoms with van der Waals surface area (Å²) in [6.45, 7) is 6.94. The first-order valence-corrected chi connectivity index (χ1v) is 7.80. The van der Waals surface area contributed by atoms with E-state index < -0.39 is 0 Å². The largest absolute Gasteiger partial charge is 0.271 e. The molecule has 16 heavy (non-hydrogen) atoms. The van der Waals surface area contributed by atoms with Crippen LogP contribution in [0.4, 0.5) is 0 Å². The van der Waals surface area contributed by atoms with E-state index in [4.69, 9.17) is 5.84 Å². The molecule has 4 unspecified atom stereocenters. The lowest BCUT2D eigenvalue weighted by atomic mass is 9.79. The zero-order chi connectivity index (χ0) is 12.0. The molecule has 1 aliphatic carbocycles. The maximum Gasteiger partial charge on any atom is 0.0329 e. The summed E-state index contributed by atoms with van der Waals surface area (Å²) in [6, 6.07) is 0.516. The highest BCUT2D eigenvalue weighted by Crippen LogP contribution is 2.32. The van der Waals surface area contributed by atoms with E-state index in [0.29, 0.717) is 6.04 Å². The monoisotopic (exact) mass is 244 g/mol. The molecule has 0 aromatic carbocycles. The van der Waals surface area contributed by atoms with Gasteiger partial charge >= 0.3 is 0 Å². The van der Waals surface area contributed by atoms with Crippen LogP contribution in [0.5, 0.6) is 0 Å². The van der Waals surface area contributed by atoms with Gasteiger partial charge in [0.1, 0.15) is 0 Å². The van der Waals surface area contributed by atoms with Gasteiger partial charge < -0.3 is 0 Å². The molecule has 0 spiro atoms. The van der Waals surface area contributed by atoms with Crippen molar-refractivity contribution in [1.29, 1.82) is 0 Å². The van der Waals surface area contributed by atoms with E-state index in [2.05, 4.69) is 38.0 Å². The SMILES string of the molecule is CCC(C)SCC(NN)C1CCCC(C)C1. The van der Waals surface area contributed by atoms with E-state index >= 15 is 0 Å². The Labute approximate surface area is 105 Å². The van der Waals surface area contributed by atoms with Gasteiger partial charge in [-0.1, -0.05) is 33.6 Å². The van der Waals surface area contributed by atoms with Crippen LogP contribution in [0.3, 0.4) is 0 Å². The Hall–Kier alpha value is 0.270. The zero-order valence-electron chi connectivity index (χ0n) is 11.0. The lowest BCUT2D eigenvalue weighted by molar-refractivity contribution is 0.235. The molecule has 0 saturated heterocycles. The average Bonchev–Trinajstić information content (AvgIpc) is 2.29. The lowest BCUT2D eigenvalue weighted by Crippen LogP contribution is -2.44. The van der Waals surface area contributed by atoms with Crippen molar-refractivity contribution in [1.82, 2.24) is 5.43 Å². The molecule has 1 fully saturated rings. The second-order valence-corrected chi connectivity index (χ2v) is 6.83. The van der Waals surface area contributed by atoms with Crippen LogP contribution in [0.25, 0.3) is 0 Å². The Bertz CT molecular complexity index is 187. The molecule has 4 atom stereocenters. The highest BCUT2D eigenvalue weighted by Gasteiger charge is 2.26. The van der Waals surface area contributed by atoms with E-state index in [9.17, 15) is 0 Å². The van der Waals surface area contributed by atoms with Gasteiger partial charge in [-0.05, 0) is 31.1 Å². The fourth-order valence-corrected chi connectivity index (χ4v) is 3.69. The summed E-state index contributed by atoms with van der Waals surface area (Å²) in [5, 5.41) is 0.761. The highest BCUT2D eigenvalue weighted by atomic mass is 32.2. The molecule has 3 N–H and O–H groups in total. The second-order valence-electron chi connectivity index (χ2n) is 5.36. The smallest absolute Gasteiger partial charge is 0.0329 e. The van der Waals surface area contributed by atoms with Gasteiger partial charge in [0.25, 0.3) is 0 Å². The lowest BCUT2D eigenvalue weighted by Gasteiger charge is -2.33. The Morgan fingerprint density at radius 3 is 2.75 bits per heavy atom. The number of hydrogen-bond acceptors (Lipinski definition) is 3. The van der Waals surface area contributed by atoms with Crippen molar-refractivity contribution in [2.75, 3.05) is 5.75 Å². The van der Waals surface area contributed by atoms with Crippen LogP contribution < -0.4 is 11.3 Å². The van der Waals surface area contributed by atoms with Gasteiger partial charge in [-0.2, -0.15) is 11.8 Å².